The second kappa shape index (κ2) is 5.45. The molecule has 0 aliphatic carbocycles. The predicted molar refractivity (Wildman–Crippen MR) is 96.2 cm³/mol. The van der Waals surface area contributed by atoms with E-state index in [1.165, 1.54) is 5.56 Å². The maximum Gasteiger partial charge on any atom is 0.250 e. The number of amides is 1. The van der Waals surface area contributed by atoms with Gasteiger partial charge in [-0.25, -0.2) is 0 Å². The molecule has 0 radical (unpaired) electrons. The molecule has 1 aromatic heterocycles. The number of hydrogen-bond acceptors (Lipinski definition) is 4. The van der Waals surface area contributed by atoms with Gasteiger partial charge in [0.1, 0.15) is 0 Å². The Labute approximate surface area is 142 Å². The molecule has 126 valence electrons. The van der Waals surface area contributed by atoms with Gasteiger partial charge in [-0.1, -0.05) is 19.9 Å². The molecule has 3 N–H and O–H groups in total. The molecule has 24 heavy (non-hydrogen) atoms. The van der Waals surface area contributed by atoms with Crippen LogP contribution in [0.2, 0.25) is 0 Å². The molecule has 2 aliphatic heterocycles. The molecule has 2 atom stereocenters. The summed E-state index contributed by atoms with van der Waals surface area (Å²) in [6.45, 7) is 7.51. The Hall–Kier alpha value is -2.14. The van der Waals surface area contributed by atoms with Crippen LogP contribution >= 0.6 is 0 Å². The van der Waals surface area contributed by atoms with Crippen LogP contribution < -0.4 is 11.1 Å². The van der Waals surface area contributed by atoms with E-state index < -0.39 is 5.91 Å². The third kappa shape index (κ3) is 2.26. The maximum atomic E-state index is 11.9. The quantitative estimate of drug-likeness (QED) is 0.890. The van der Waals surface area contributed by atoms with Gasteiger partial charge >= 0.3 is 0 Å². The first kappa shape index (κ1) is 15.4. The van der Waals surface area contributed by atoms with Gasteiger partial charge in [0.05, 0.1) is 11.1 Å². The lowest BCUT2D eigenvalue weighted by molar-refractivity contribution is 0.100. The highest BCUT2D eigenvalue weighted by molar-refractivity contribution is 6.09. The summed E-state index contributed by atoms with van der Waals surface area (Å²) in [5.74, 6) is 1.04. The molecular weight excluding hydrogens is 300 g/mol. The van der Waals surface area contributed by atoms with Crippen LogP contribution in [0.5, 0.6) is 0 Å². The predicted octanol–water partition coefficient (Wildman–Crippen LogP) is 2.56. The molecule has 1 fully saturated rings. The van der Waals surface area contributed by atoms with E-state index >= 15 is 0 Å². The normalized spacial score (nSPS) is 26.5. The Morgan fingerprint density at radius 3 is 2.67 bits per heavy atom. The first-order chi connectivity index (χ1) is 11.5. The monoisotopic (exact) mass is 324 g/mol. The number of likely N-dealkylation sites (tertiary alicyclic amines) is 1. The van der Waals surface area contributed by atoms with Crippen molar-refractivity contribution < 1.29 is 4.79 Å². The van der Waals surface area contributed by atoms with Gasteiger partial charge in [0, 0.05) is 42.3 Å². The van der Waals surface area contributed by atoms with Gasteiger partial charge in [-0.05, 0) is 36.6 Å². The number of nitrogens with one attached hydrogen (secondary N) is 1. The van der Waals surface area contributed by atoms with Crippen LogP contribution in [0.4, 0.5) is 5.69 Å². The molecule has 2 unspecified atom stereocenters. The summed E-state index contributed by atoms with van der Waals surface area (Å²) in [7, 11) is 2.18. The topological polar surface area (TPSA) is 71.2 Å². The molecule has 0 saturated carbocycles. The van der Waals surface area contributed by atoms with Gasteiger partial charge in [-0.3, -0.25) is 9.78 Å². The van der Waals surface area contributed by atoms with Crippen molar-refractivity contribution in [2.75, 3.05) is 25.5 Å². The lowest BCUT2D eigenvalue weighted by atomic mass is 9.77. The lowest BCUT2D eigenvalue weighted by Crippen LogP contribution is -2.41. The standard InChI is InChI=1S/C19H24N4O/c1-10-8-23(3)9-11(2)16(10)15-6-14-17-12(7-21-14)4-5-13(19(20)24)18(17)22-15/h4-6,10-11,16,21H,7-9H2,1-3H3,(H2,20,24). The number of nitrogens with two attached hydrogens (primary N) is 1. The maximum absolute atomic E-state index is 11.9. The molecule has 1 saturated heterocycles. The van der Waals surface area contributed by atoms with Crippen LogP contribution in [-0.4, -0.2) is 35.9 Å². The average Bonchev–Trinajstić information content (AvgIpc) is 2.91. The van der Waals surface area contributed by atoms with E-state index in [4.69, 9.17) is 10.7 Å². The average molecular weight is 324 g/mol. The number of carbonyl (C=O) groups excluding carboxylic acids is 1. The number of nitrogens with zero attached hydrogens (tertiary/aromatic N) is 2. The summed E-state index contributed by atoms with van der Waals surface area (Å²) in [5.41, 5.74) is 10.2. The van der Waals surface area contributed by atoms with Gasteiger partial charge in [-0.15, -0.1) is 0 Å². The summed E-state index contributed by atoms with van der Waals surface area (Å²) in [5, 5.41) is 4.51. The first-order valence-electron chi connectivity index (χ1n) is 8.64. The number of aromatic nitrogens is 1. The molecule has 1 aromatic carbocycles. The zero-order valence-electron chi connectivity index (χ0n) is 14.5. The second-order valence-corrected chi connectivity index (χ2v) is 7.51. The highest BCUT2D eigenvalue weighted by Crippen LogP contribution is 2.41. The zero-order chi connectivity index (χ0) is 17.0. The van der Waals surface area contributed by atoms with Crippen LogP contribution in [0.1, 0.15) is 41.4 Å². The number of rotatable bonds is 2. The molecular formula is C19H24N4O. The summed E-state index contributed by atoms with van der Waals surface area (Å²) < 4.78 is 0. The van der Waals surface area contributed by atoms with E-state index in [-0.39, 0.29) is 0 Å². The highest BCUT2D eigenvalue weighted by Gasteiger charge is 2.33. The van der Waals surface area contributed by atoms with E-state index in [1.54, 1.807) is 0 Å². The number of carbonyl (C=O) groups is 1. The Kier molecular flexibility index (Phi) is 3.49. The molecule has 0 bridgehead atoms. The fourth-order valence-electron chi connectivity index (χ4n) is 4.71. The minimum Gasteiger partial charge on any atom is -0.380 e. The smallest absolute Gasteiger partial charge is 0.250 e. The van der Waals surface area contributed by atoms with E-state index in [2.05, 4.69) is 37.2 Å². The lowest BCUT2D eigenvalue weighted by Gasteiger charge is -2.39. The zero-order valence-corrected chi connectivity index (χ0v) is 14.5. The van der Waals surface area contributed by atoms with Crippen LogP contribution in [0.15, 0.2) is 18.2 Å². The van der Waals surface area contributed by atoms with Gasteiger partial charge < -0.3 is 16.0 Å². The number of piperidine rings is 1. The van der Waals surface area contributed by atoms with Crippen LogP contribution in [0, 0.1) is 11.8 Å². The van der Waals surface area contributed by atoms with Gasteiger partial charge in [0.2, 0.25) is 0 Å². The van der Waals surface area contributed by atoms with E-state index in [0.717, 1.165) is 41.9 Å². The molecule has 2 aliphatic rings. The molecule has 5 nitrogen and oxygen atoms in total. The van der Waals surface area contributed by atoms with Crippen molar-refractivity contribution in [3.05, 3.63) is 35.0 Å². The number of benzene rings is 1. The van der Waals surface area contributed by atoms with Crippen molar-refractivity contribution in [2.45, 2.75) is 26.3 Å². The van der Waals surface area contributed by atoms with Gasteiger partial charge in [-0.2, -0.15) is 0 Å². The third-order valence-electron chi connectivity index (χ3n) is 5.57. The SMILES string of the molecule is CC1CN(C)CC(C)C1c1cc2c3c(ccc(C(N)=O)c3n1)CN2. The summed E-state index contributed by atoms with van der Waals surface area (Å²) >= 11 is 0. The van der Waals surface area contributed by atoms with Gasteiger partial charge in [0.25, 0.3) is 5.91 Å². The van der Waals surface area contributed by atoms with E-state index in [0.29, 0.717) is 23.3 Å². The molecule has 4 rings (SSSR count). The first-order valence-corrected chi connectivity index (χ1v) is 8.64. The molecule has 1 amide bonds. The van der Waals surface area contributed by atoms with Crippen LogP contribution in [-0.2, 0) is 6.54 Å². The van der Waals surface area contributed by atoms with Crippen molar-refractivity contribution >= 4 is 22.5 Å². The number of hydrogen-bond donors (Lipinski definition) is 2. The fraction of sp³-hybridized carbons (Fsp3) is 0.474. The van der Waals surface area contributed by atoms with Crippen LogP contribution in [0.3, 0.4) is 0 Å². The Bertz CT molecular complexity index is 820. The number of pyridine rings is 1. The molecule has 5 heteroatoms. The number of anilines is 1. The van der Waals surface area contributed by atoms with Crippen molar-refractivity contribution in [2.24, 2.45) is 17.6 Å². The summed E-state index contributed by atoms with van der Waals surface area (Å²) in [6.07, 6.45) is 0. The minimum absolute atomic E-state index is 0.397. The second-order valence-electron chi connectivity index (χ2n) is 7.51. The van der Waals surface area contributed by atoms with Crippen molar-refractivity contribution in [3.63, 3.8) is 0 Å². The number of primary amides is 1. The Balaban J connectivity index is 1.90. The molecule has 2 aromatic rings. The van der Waals surface area contributed by atoms with E-state index in [9.17, 15) is 4.79 Å². The molecule has 3 heterocycles. The van der Waals surface area contributed by atoms with Crippen molar-refractivity contribution in [1.29, 1.82) is 0 Å². The van der Waals surface area contributed by atoms with Crippen molar-refractivity contribution in [3.8, 4) is 0 Å². The van der Waals surface area contributed by atoms with Crippen LogP contribution in [0.25, 0.3) is 10.9 Å². The van der Waals surface area contributed by atoms with Gasteiger partial charge in [0.15, 0.2) is 0 Å². The Morgan fingerprint density at radius 1 is 1.29 bits per heavy atom. The fourth-order valence-corrected chi connectivity index (χ4v) is 4.71. The third-order valence-corrected chi connectivity index (χ3v) is 5.57. The minimum atomic E-state index is -0.409. The van der Waals surface area contributed by atoms with E-state index in [1.807, 2.05) is 12.1 Å². The molecule has 0 spiro atoms. The summed E-state index contributed by atoms with van der Waals surface area (Å²) in [4.78, 5) is 19.2. The highest BCUT2D eigenvalue weighted by atomic mass is 16.1. The summed E-state index contributed by atoms with van der Waals surface area (Å²) in [6, 6.07) is 5.98. The Morgan fingerprint density at radius 2 is 2.00 bits per heavy atom. The largest absolute Gasteiger partial charge is 0.380 e. The van der Waals surface area contributed by atoms with Crippen molar-refractivity contribution in [1.82, 2.24) is 9.88 Å².